The minimum absolute atomic E-state index is 0.0608. The molecule has 0 aromatic carbocycles. The van der Waals surface area contributed by atoms with Crippen LogP contribution in [0.4, 0.5) is 0 Å². The van der Waals surface area contributed by atoms with Crippen LogP contribution in [0.3, 0.4) is 0 Å². The molecule has 0 aliphatic heterocycles. The molecule has 18 heavy (non-hydrogen) atoms. The summed E-state index contributed by atoms with van der Waals surface area (Å²) >= 11 is 0. The second-order valence-electron chi connectivity index (χ2n) is 6.34. The second kappa shape index (κ2) is 6.05. The minimum atomic E-state index is 0.0608. The average Bonchev–Trinajstić information content (AvgIpc) is 2.38. The van der Waals surface area contributed by atoms with Crippen molar-refractivity contribution in [1.29, 1.82) is 0 Å². The third kappa shape index (κ3) is 2.87. The third-order valence-electron chi connectivity index (χ3n) is 5.03. The predicted molar refractivity (Wildman–Crippen MR) is 74.1 cm³/mol. The van der Waals surface area contributed by atoms with Crippen LogP contribution in [-0.2, 0) is 4.79 Å². The Labute approximate surface area is 111 Å². The van der Waals surface area contributed by atoms with Gasteiger partial charge in [-0.15, -0.1) is 0 Å². The molecule has 2 rings (SSSR count). The fourth-order valence-electron chi connectivity index (χ4n) is 3.77. The molecule has 2 N–H and O–H groups in total. The van der Waals surface area contributed by atoms with E-state index in [2.05, 4.69) is 6.92 Å². The molecule has 0 bridgehead atoms. The summed E-state index contributed by atoms with van der Waals surface area (Å²) in [6, 6.07) is 0.542. The van der Waals surface area contributed by atoms with E-state index in [0.29, 0.717) is 17.9 Å². The zero-order valence-electron chi connectivity index (χ0n) is 11.9. The van der Waals surface area contributed by atoms with Crippen LogP contribution < -0.4 is 5.73 Å². The molecular weight excluding hydrogens is 224 g/mol. The number of carbonyl (C=O) groups excluding carboxylic acids is 1. The number of nitrogens with two attached hydrogens (primary N) is 1. The van der Waals surface area contributed by atoms with Crippen molar-refractivity contribution in [3.63, 3.8) is 0 Å². The molecule has 3 heteroatoms. The van der Waals surface area contributed by atoms with Crippen molar-refractivity contribution in [3.8, 4) is 0 Å². The summed E-state index contributed by atoms with van der Waals surface area (Å²) in [6.45, 7) is 2.19. The predicted octanol–water partition coefficient (Wildman–Crippen LogP) is 2.54. The van der Waals surface area contributed by atoms with Crippen LogP contribution in [-0.4, -0.2) is 29.9 Å². The molecule has 0 saturated heterocycles. The normalized spacial score (nSPS) is 34.3. The summed E-state index contributed by atoms with van der Waals surface area (Å²) in [7, 11) is 1.99. The van der Waals surface area contributed by atoms with E-state index in [1.807, 2.05) is 11.9 Å². The highest BCUT2D eigenvalue weighted by atomic mass is 16.2. The van der Waals surface area contributed by atoms with Crippen LogP contribution in [0.1, 0.15) is 58.3 Å². The van der Waals surface area contributed by atoms with Crippen molar-refractivity contribution >= 4 is 5.91 Å². The van der Waals surface area contributed by atoms with Crippen molar-refractivity contribution in [1.82, 2.24) is 4.90 Å². The van der Waals surface area contributed by atoms with Gasteiger partial charge in [0.05, 0.1) is 5.92 Å². The lowest BCUT2D eigenvalue weighted by Crippen LogP contribution is -2.50. The van der Waals surface area contributed by atoms with Crippen LogP contribution in [0, 0.1) is 11.8 Å². The molecule has 2 aliphatic carbocycles. The number of carbonyl (C=O) groups is 1. The minimum Gasteiger partial charge on any atom is -0.342 e. The van der Waals surface area contributed by atoms with Gasteiger partial charge in [0, 0.05) is 19.1 Å². The highest BCUT2D eigenvalue weighted by molar-refractivity contribution is 5.80. The molecule has 3 nitrogen and oxygen atoms in total. The van der Waals surface area contributed by atoms with E-state index >= 15 is 0 Å². The first-order chi connectivity index (χ1) is 8.61. The molecule has 104 valence electrons. The van der Waals surface area contributed by atoms with E-state index in [1.165, 1.54) is 38.5 Å². The Morgan fingerprint density at radius 2 is 1.72 bits per heavy atom. The first kappa shape index (κ1) is 13.9. The highest BCUT2D eigenvalue weighted by Crippen LogP contribution is 2.32. The molecule has 0 aromatic heterocycles. The molecule has 0 radical (unpaired) electrons. The zero-order chi connectivity index (χ0) is 13.1. The quantitative estimate of drug-likeness (QED) is 0.821. The Balaban J connectivity index is 1.99. The smallest absolute Gasteiger partial charge is 0.227 e. The Morgan fingerprint density at radius 3 is 2.33 bits per heavy atom. The van der Waals surface area contributed by atoms with Crippen LogP contribution in [0.25, 0.3) is 0 Å². The molecule has 0 heterocycles. The maximum Gasteiger partial charge on any atom is 0.227 e. The number of amides is 1. The van der Waals surface area contributed by atoms with Gasteiger partial charge in [-0.2, -0.15) is 0 Å². The molecular formula is C15H28N2O. The fraction of sp³-hybridized carbons (Fsp3) is 0.933. The van der Waals surface area contributed by atoms with Crippen LogP contribution in [0.15, 0.2) is 0 Å². The molecule has 2 aliphatic rings. The van der Waals surface area contributed by atoms with Gasteiger partial charge in [0.15, 0.2) is 0 Å². The van der Waals surface area contributed by atoms with Gasteiger partial charge in [0.1, 0.15) is 0 Å². The van der Waals surface area contributed by atoms with E-state index in [0.717, 1.165) is 12.8 Å². The van der Waals surface area contributed by atoms with Crippen molar-refractivity contribution in [2.24, 2.45) is 17.6 Å². The lowest BCUT2D eigenvalue weighted by Gasteiger charge is -2.39. The van der Waals surface area contributed by atoms with Gasteiger partial charge < -0.3 is 10.6 Å². The number of hydrogen-bond donors (Lipinski definition) is 1. The monoisotopic (exact) mass is 252 g/mol. The second-order valence-corrected chi connectivity index (χ2v) is 6.34. The summed E-state index contributed by atoms with van der Waals surface area (Å²) in [5, 5.41) is 0. The highest BCUT2D eigenvalue weighted by Gasteiger charge is 2.37. The summed E-state index contributed by atoms with van der Waals surface area (Å²) in [5.74, 6) is 0.819. The summed E-state index contributed by atoms with van der Waals surface area (Å²) in [5.41, 5.74) is 6.19. The SMILES string of the molecule is CC1CCCC(N)C1C(=O)N(C)C1CCCCC1. The lowest BCUT2D eigenvalue weighted by molar-refractivity contribution is -0.140. The third-order valence-corrected chi connectivity index (χ3v) is 5.03. The maximum absolute atomic E-state index is 12.7. The van der Waals surface area contributed by atoms with Gasteiger partial charge in [0.25, 0.3) is 0 Å². The molecule has 3 unspecified atom stereocenters. The van der Waals surface area contributed by atoms with Gasteiger partial charge in [0.2, 0.25) is 5.91 Å². The molecule has 0 spiro atoms. The van der Waals surface area contributed by atoms with Gasteiger partial charge in [-0.05, 0) is 31.6 Å². The number of nitrogens with zero attached hydrogens (tertiary/aromatic N) is 1. The van der Waals surface area contributed by atoms with Crippen LogP contribution in [0.5, 0.6) is 0 Å². The molecule has 3 atom stereocenters. The van der Waals surface area contributed by atoms with Crippen molar-refractivity contribution in [3.05, 3.63) is 0 Å². The fourth-order valence-corrected chi connectivity index (χ4v) is 3.77. The summed E-state index contributed by atoms with van der Waals surface area (Å²) < 4.78 is 0. The molecule has 0 aromatic rings. The largest absolute Gasteiger partial charge is 0.342 e. The Kier molecular flexibility index (Phi) is 4.66. The zero-order valence-corrected chi connectivity index (χ0v) is 11.9. The standard InChI is InChI=1S/C15H28N2O/c1-11-7-6-10-13(16)14(11)15(18)17(2)12-8-4-3-5-9-12/h11-14H,3-10,16H2,1-2H3. The average molecular weight is 252 g/mol. The van der Waals surface area contributed by atoms with E-state index in [4.69, 9.17) is 5.73 Å². The topological polar surface area (TPSA) is 46.3 Å². The van der Waals surface area contributed by atoms with Gasteiger partial charge in [-0.3, -0.25) is 4.79 Å². The Bertz CT molecular complexity index is 276. The Hall–Kier alpha value is -0.570. The van der Waals surface area contributed by atoms with E-state index in [1.54, 1.807) is 0 Å². The maximum atomic E-state index is 12.7. The number of rotatable bonds is 2. The van der Waals surface area contributed by atoms with Crippen LogP contribution in [0.2, 0.25) is 0 Å². The van der Waals surface area contributed by atoms with Crippen molar-refractivity contribution in [2.75, 3.05) is 7.05 Å². The molecule has 2 saturated carbocycles. The molecule has 1 amide bonds. The van der Waals surface area contributed by atoms with Gasteiger partial charge in [-0.1, -0.05) is 32.6 Å². The van der Waals surface area contributed by atoms with Crippen molar-refractivity contribution in [2.45, 2.75) is 70.4 Å². The van der Waals surface area contributed by atoms with Gasteiger partial charge >= 0.3 is 0 Å². The lowest BCUT2D eigenvalue weighted by atomic mass is 9.76. The van der Waals surface area contributed by atoms with E-state index in [9.17, 15) is 4.79 Å². The van der Waals surface area contributed by atoms with E-state index in [-0.39, 0.29) is 12.0 Å². The summed E-state index contributed by atoms with van der Waals surface area (Å²) in [6.07, 6.45) is 9.58. The first-order valence-corrected chi connectivity index (χ1v) is 7.63. The first-order valence-electron chi connectivity index (χ1n) is 7.63. The number of hydrogen-bond acceptors (Lipinski definition) is 2. The van der Waals surface area contributed by atoms with Gasteiger partial charge in [-0.25, -0.2) is 0 Å². The van der Waals surface area contributed by atoms with Crippen molar-refractivity contribution < 1.29 is 4.79 Å². The molecule has 2 fully saturated rings. The Morgan fingerprint density at radius 1 is 1.06 bits per heavy atom. The summed E-state index contributed by atoms with van der Waals surface area (Å²) in [4.78, 5) is 14.7. The van der Waals surface area contributed by atoms with E-state index < -0.39 is 0 Å². The van der Waals surface area contributed by atoms with Crippen LogP contribution >= 0.6 is 0 Å².